The third-order valence-electron chi connectivity index (χ3n) is 7.22. The smallest absolute Gasteiger partial charge is 0.0298 e. The highest BCUT2D eigenvalue weighted by atomic mass is 14.4. The second kappa shape index (κ2) is 10.1. The summed E-state index contributed by atoms with van der Waals surface area (Å²) in [7, 11) is 0. The van der Waals surface area contributed by atoms with Gasteiger partial charge in [0, 0.05) is 0 Å². The van der Waals surface area contributed by atoms with Crippen LogP contribution in [0.4, 0.5) is 0 Å². The zero-order valence-corrected chi connectivity index (χ0v) is 18.3. The van der Waals surface area contributed by atoms with Gasteiger partial charge in [-0.05, 0) is 40.9 Å². The van der Waals surface area contributed by atoms with Crippen molar-refractivity contribution in [3.05, 3.63) is 0 Å². The van der Waals surface area contributed by atoms with Crippen LogP contribution in [0.3, 0.4) is 0 Å². The molecule has 0 aromatic heterocycles. The predicted molar refractivity (Wildman–Crippen MR) is 108 cm³/mol. The van der Waals surface area contributed by atoms with Crippen molar-refractivity contribution < 1.29 is 0 Å². The fraction of sp³-hybridized carbons (Fsp3) is 1.00. The predicted octanol–water partition coefficient (Wildman–Crippen LogP) is 8.35. The molecule has 0 saturated carbocycles. The lowest BCUT2D eigenvalue weighted by atomic mass is 9.62. The van der Waals surface area contributed by atoms with E-state index < -0.39 is 0 Å². The molecule has 0 heterocycles. The maximum Gasteiger partial charge on any atom is -0.0298 e. The van der Waals surface area contributed by atoms with Gasteiger partial charge in [0.1, 0.15) is 0 Å². The van der Waals surface area contributed by atoms with E-state index in [0.717, 1.165) is 23.7 Å². The maximum atomic E-state index is 2.53. The molecule has 0 aliphatic heterocycles. The standard InChI is InChI=1S/C23H48/c1-11-18(5)23(9,10)21(14-4)19(12-2)16-15-17-20(13-3)22(6,7)8/h18-21H,11-17H2,1-10H3. The summed E-state index contributed by atoms with van der Waals surface area (Å²) in [5.41, 5.74) is 0.939. The number of rotatable bonds is 11. The Morgan fingerprint density at radius 2 is 1.26 bits per heavy atom. The van der Waals surface area contributed by atoms with Gasteiger partial charge in [-0.15, -0.1) is 0 Å². The first-order valence-corrected chi connectivity index (χ1v) is 10.6. The zero-order chi connectivity index (χ0) is 18.3. The molecular weight excluding hydrogens is 276 g/mol. The van der Waals surface area contributed by atoms with Crippen LogP contribution in [-0.2, 0) is 0 Å². The molecule has 0 fully saturated rings. The van der Waals surface area contributed by atoms with E-state index in [0.29, 0.717) is 10.8 Å². The van der Waals surface area contributed by atoms with Gasteiger partial charge in [0.25, 0.3) is 0 Å². The first-order chi connectivity index (χ1) is 10.6. The van der Waals surface area contributed by atoms with Gasteiger partial charge in [-0.25, -0.2) is 0 Å². The lowest BCUT2D eigenvalue weighted by molar-refractivity contribution is 0.0606. The molecule has 0 bridgehead atoms. The Bertz CT molecular complexity index is 294. The van der Waals surface area contributed by atoms with E-state index in [1.54, 1.807) is 0 Å². The first kappa shape index (κ1) is 23.0. The normalized spacial score (nSPS) is 18.5. The molecule has 0 aromatic carbocycles. The topological polar surface area (TPSA) is 0 Å². The van der Waals surface area contributed by atoms with Crippen LogP contribution in [0.5, 0.6) is 0 Å². The second-order valence-corrected chi connectivity index (χ2v) is 9.72. The summed E-state index contributed by atoms with van der Waals surface area (Å²) in [6.07, 6.45) is 9.59. The summed E-state index contributed by atoms with van der Waals surface area (Å²) in [5.74, 6) is 3.47. The Morgan fingerprint density at radius 1 is 0.696 bits per heavy atom. The molecule has 0 aromatic rings. The van der Waals surface area contributed by atoms with Crippen LogP contribution in [0, 0.1) is 34.5 Å². The molecule has 0 aliphatic carbocycles. The van der Waals surface area contributed by atoms with Crippen LogP contribution in [0.25, 0.3) is 0 Å². The zero-order valence-electron chi connectivity index (χ0n) is 18.3. The third-order valence-corrected chi connectivity index (χ3v) is 7.22. The summed E-state index contributed by atoms with van der Waals surface area (Å²) < 4.78 is 0. The lowest BCUT2D eigenvalue weighted by Crippen LogP contribution is -2.35. The molecule has 0 N–H and O–H groups in total. The van der Waals surface area contributed by atoms with Gasteiger partial charge in [-0.2, -0.15) is 0 Å². The van der Waals surface area contributed by atoms with Crippen molar-refractivity contribution in [2.24, 2.45) is 34.5 Å². The molecule has 0 radical (unpaired) electrons. The van der Waals surface area contributed by atoms with Crippen molar-refractivity contribution in [1.29, 1.82) is 0 Å². The quantitative estimate of drug-likeness (QED) is 0.358. The van der Waals surface area contributed by atoms with E-state index in [1.807, 2.05) is 0 Å². The summed E-state index contributed by atoms with van der Waals surface area (Å²) in [6.45, 7) is 24.3. The van der Waals surface area contributed by atoms with Crippen molar-refractivity contribution in [1.82, 2.24) is 0 Å². The largest absolute Gasteiger partial charge is 0.0651 e. The van der Waals surface area contributed by atoms with Crippen molar-refractivity contribution in [3.8, 4) is 0 Å². The molecule has 4 atom stereocenters. The average molecular weight is 325 g/mol. The molecule has 0 amide bonds. The minimum atomic E-state index is 0.469. The second-order valence-electron chi connectivity index (χ2n) is 9.72. The van der Waals surface area contributed by atoms with Gasteiger partial charge >= 0.3 is 0 Å². The van der Waals surface area contributed by atoms with Gasteiger partial charge in [0.2, 0.25) is 0 Å². The van der Waals surface area contributed by atoms with Gasteiger partial charge in [0.05, 0.1) is 0 Å². The van der Waals surface area contributed by atoms with Crippen molar-refractivity contribution in [3.63, 3.8) is 0 Å². The van der Waals surface area contributed by atoms with Crippen LogP contribution in [0.1, 0.15) is 114 Å². The molecule has 0 saturated heterocycles. The van der Waals surface area contributed by atoms with Gasteiger partial charge < -0.3 is 0 Å². The molecular formula is C23H48. The van der Waals surface area contributed by atoms with Crippen LogP contribution in [0.2, 0.25) is 0 Å². The Morgan fingerprint density at radius 3 is 1.61 bits per heavy atom. The Hall–Kier alpha value is 0. The van der Waals surface area contributed by atoms with E-state index in [1.165, 1.54) is 44.9 Å². The highest BCUT2D eigenvalue weighted by Gasteiger charge is 2.36. The molecule has 0 aliphatic rings. The molecule has 23 heavy (non-hydrogen) atoms. The minimum absolute atomic E-state index is 0.469. The highest BCUT2D eigenvalue weighted by molar-refractivity contribution is 4.86. The van der Waals surface area contributed by atoms with E-state index in [4.69, 9.17) is 0 Å². The molecule has 140 valence electrons. The Labute approximate surface area is 149 Å². The Kier molecular flexibility index (Phi) is 10.1. The van der Waals surface area contributed by atoms with Gasteiger partial charge in [-0.3, -0.25) is 0 Å². The highest BCUT2D eigenvalue weighted by Crippen LogP contribution is 2.45. The van der Waals surface area contributed by atoms with Crippen molar-refractivity contribution >= 4 is 0 Å². The van der Waals surface area contributed by atoms with Crippen LogP contribution >= 0.6 is 0 Å². The molecule has 0 heteroatoms. The average Bonchev–Trinajstić information content (AvgIpc) is 2.47. The molecule has 0 spiro atoms. The van der Waals surface area contributed by atoms with E-state index in [2.05, 4.69) is 69.2 Å². The minimum Gasteiger partial charge on any atom is -0.0651 e. The van der Waals surface area contributed by atoms with Crippen LogP contribution in [0.15, 0.2) is 0 Å². The van der Waals surface area contributed by atoms with Crippen LogP contribution in [-0.4, -0.2) is 0 Å². The fourth-order valence-electron chi connectivity index (χ4n) is 4.92. The van der Waals surface area contributed by atoms with Crippen LogP contribution < -0.4 is 0 Å². The number of hydrogen-bond acceptors (Lipinski definition) is 0. The summed E-state index contributed by atoms with van der Waals surface area (Å²) in [4.78, 5) is 0. The van der Waals surface area contributed by atoms with E-state index in [-0.39, 0.29) is 0 Å². The van der Waals surface area contributed by atoms with Gasteiger partial charge in [-0.1, -0.05) is 108 Å². The monoisotopic (exact) mass is 324 g/mol. The number of hydrogen-bond donors (Lipinski definition) is 0. The van der Waals surface area contributed by atoms with E-state index in [9.17, 15) is 0 Å². The van der Waals surface area contributed by atoms with Crippen molar-refractivity contribution in [2.45, 2.75) is 114 Å². The lowest BCUT2D eigenvalue weighted by Gasteiger charge is -2.43. The first-order valence-electron chi connectivity index (χ1n) is 10.6. The molecule has 0 rings (SSSR count). The molecule has 4 unspecified atom stereocenters. The summed E-state index contributed by atoms with van der Waals surface area (Å²) in [6, 6.07) is 0. The fourth-order valence-corrected chi connectivity index (χ4v) is 4.92. The third kappa shape index (κ3) is 6.79. The SMILES string of the molecule is CCC(CCCC(CC)C(C)(C)C)C(CC)C(C)(C)C(C)CC. The van der Waals surface area contributed by atoms with Crippen molar-refractivity contribution in [2.75, 3.05) is 0 Å². The molecule has 0 nitrogen and oxygen atoms in total. The Balaban J connectivity index is 4.80. The van der Waals surface area contributed by atoms with Gasteiger partial charge in [0.15, 0.2) is 0 Å². The summed E-state index contributed by atoms with van der Waals surface area (Å²) in [5, 5.41) is 0. The maximum absolute atomic E-state index is 2.53. The van der Waals surface area contributed by atoms with E-state index >= 15 is 0 Å². The summed E-state index contributed by atoms with van der Waals surface area (Å²) >= 11 is 0.